The highest BCUT2D eigenvalue weighted by Gasteiger charge is 2.14. The standard InChI is InChI=1S/C17H13FN6OS/c18-13-6-4-12(5-7-13)16-22-23-17(24(16)20)26-10-15(25)21-14-3-1-2-11(8-14)9-19/h1-8H,10,20H2,(H,21,25). The van der Waals surface area contributed by atoms with Crippen molar-refractivity contribution >= 4 is 23.4 Å². The van der Waals surface area contributed by atoms with Gasteiger partial charge in [0.05, 0.1) is 17.4 Å². The Morgan fingerprint density at radius 1 is 1.27 bits per heavy atom. The zero-order chi connectivity index (χ0) is 18.5. The second-order valence-electron chi connectivity index (χ2n) is 5.21. The van der Waals surface area contributed by atoms with Crippen LogP contribution in [-0.2, 0) is 4.79 Å². The van der Waals surface area contributed by atoms with E-state index in [0.717, 1.165) is 11.8 Å². The van der Waals surface area contributed by atoms with Gasteiger partial charge in [-0.15, -0.1) is 10.2 Å². The minimum absolute atomic E-state index is 0.0650. The number of hydrogen-bond donors (Lipinski definition) is 2. The molecule has 3 N–H and O–H groups in total. The molecule has 0 spiro atoms. The van der Waals surface area contributed by atoms with Crippen LogP contribution >= 0.6 is 11.8 Å². The number of nitriles is 1. The normalized spacial score (nSPS) is 10.3. The summed E-state index contributed by atoms with van der Waals surface area (Å²) in [6, 6.07) is 14.3. The number of nitrogens with two attached hydrogens (primary N) is 1. The molecule has 1 heterocycles. The molecule has 0 aliphatic heterocycles. The van der Waals surface area contributed by atoms with Crippen molar-refractivity contribution in [1.29, 1.82) is 5.26 Å². The first-order valence-corrected chi connectivity index (χ1v) is 8.44. The lowest BCUT2D eigenvalue weighted by Crippen LogP contribution is -2.16. The second kappa shape index (κ2) is 7.67. The quantitative estimate of drug-likeness (QED) is 0.529. The Morgan fingerprint density at radius 2 is 2.04 bits per heavy atom. The fourth-order valence-corrected chi connectivity index (χ4v) is 2.82. The van der Waals surface area contributed by atoms with E-state index in [1.807, 2.05) is 6.07 Å². The van der Waals surface area contributed by atoms with E-state index in [4.69, 9.17) is 11.1 Å². The number of anilines is 1. The zero-order valence-corrected chi connectivity index (χ0v) is 14.2. The summed E-state index contributed by atoms with van der Waals surface area (Å²) in [4.78, 5) is 12.1. The van der Waals surface area contributed by atoms with Gasteiger partial charge in [-0.3, -0.25) is 4.79 Å². The largest absolute Gasteiger partial charge is 0.335 e. The van der Waals surface area contributed by atoms with Crippen LogP contribution in [0.25, 0.3) is 11.4 Å². The highest BCUT2D eigenvalue weighted by Crippen LogP contribution is 2.22. The molecule has 1 amide bonds. The average Bonchev–Trinajstić information content (AvgIpc) is 3.01. The highest BCUT2D eigenvalue weighted by atomic mass is 32.2. The molecule has 0 saturated carbocycles. The van der Waals surface area contributed by atoms with Crippen molar-refractivity contribution in [3.63, 3.8) is 0 Å². The Kier molecular flexibility index (Phi) is 5.15. The molecule has 0 fully saturated rings. The minimum atomic E-state index is -0.358. The summed E-state index contributed by atoms with van der Waals surface area (Å²) in [5, 5.41) is 19.9. The van der Waals surface area contributed by atoms with Gasteiger partial charge in [-0.05, 0) is 42.5 Å². The van der Waals surface area contributed by atoms with Gasteiger partial charge in [0.15, 0.2) is 5.82 Å². The Labute approximate surface area is 152 Å². The fourth-order valence-electron chi connectivity index (χ4n) is 2.16. The molecule has 3 rings (SSSR count). The number of amides is 1. The summed E-state index contributed by atoms with van der Waals surface area (Å²) in [6.45, 7) is 0. The number of benzene rings is 2. The summed E-state index contributed by atoms with van der Waals surface area (Å²) in [5.74, 6) is 5.77. The monoisotopic (exact) mass is 368 g/mol. The third-order valence-corrected chi connectivity index (χ3v) is 4.32. The molecule has 0 bridgehead atoms. The third-order valence-electron chi connectivity index (χ3n) is 3.37. The summed E-state index contributed by atoms with van der Waals surface area (Å²) in [6.07, 6.45) is 0. The van der Waals surface area contributed by atoms with Crippen molar-refractivity contribution in [2.24, 2.45) is 0 Å². The zero-order valence-electron chi connectivity index (χ0n) is 13.4. The number of nitrogen functional groups attached to an aromatic ring is 1. The summed E-state index contributed by atoms with van der Waals surface area (Å²) in [7, 11) is 0. The Bertz CT molecular complexity index is 980. The molecule has 2 aromatic carbocycles. The van der Waals surface area contributed by atoms with Crippen molar-refractivity contribution < 1.29 is 9.18 Å². The van der Waals surface area contributed by atoms with Crippen LogP contribution in [0.1, 0.15) is 5.56 Å². The molecule has 0 aliphatic rings. The third kappa shape index (κ3) is 3.99. The molecule has 0 radical (unpaired) electrons. The Hall–Kier alpha value is -3.38. The number of rotatable bonds is 5. The van der Waals surface area contributed by atoms with Gasteiger partial charge in [0, 0.05) is 11.3 Å². The summed E-state index contributed by atoms with van der Waals surface area (Å²) >= 11 is 1.12. The first-order valence-electron chi connectivity index (χ1n) is 7.46. The van der Waals surface area contributed by atoms with E-state index in [9.17, 15) is 9.18 Å². The van der Waals surface area contributed by atoms with Crippen molar-refractivity contribution in [1.82, 2.24) is 14.9 Å². The van der Waals surface area contributed by atoms with Gasteiger partial charge in [0.25, 0.3) is 0 Å². The molecule has 0 saturated heterocycles. The number of thioether (sulfide) groups is 1. The molecular formula is C17H13FN6OS. The maximum atomic E-state index is 13.0. The molecule has 26 heavy (non-hydrogen) atoms. The molecule has 1 aromatic heterocycles. The Morgan fingerprint density at radius 3 is 2.77 bits per heavy atom. The fraction of sp³-hybridized carbons (Fsp3) is 0.0588. The minimum Gasteiger partial charge on any atom is -0.335 e. The predicted octanol–water partition coefficient (Wildman–Crippen LogP) is 2.40. The van der Waals surface area contributed by atoms with Gasteiger partial charge in [-0.1, -0.05) is 17.8 Å². The molecular weight excluding hydrogens is 355 g/mol. The van der Waals surface area contributed by atoms with E-state index in [1.54, 1.807) is 36.4 Å². The van der Waals surface area contributed by atoms with Crippen molar-refractivity contribution in [2.75, 3.05) is 16.9 Å². The van der Waals surface area contributed by atoms with E-state index < -0.39 is 0 Å². The lowest BCUT2D eigenvalue weighted by molar-refractivity contribution is -0.113. The smallest absolute Gasteiger partial charge is 0.234 e. The lowest BCUT2D eigenvalue weighted by atomic mass is 10.2. The molecule has 0 unspecified atom stereocenters. The van der Waals surface area contributed by atoms with E-state index in [1.165, 1.54) is 16.8 Å². The summed E-state index contributed by atoms with van der Waals surface area (Å²) < 4.78 is 14.3. The van der Waals surface area contributed by atoms with Crippen molar-refractivity contribution in [2.45, 2.75) is 5.16 Å². The van der Waals surface area contributed by atoms with Gasteiger partial charge >= 0.3 is 0 Å². The highest BCUT2D eigenvalue weighted by molar-refractivity contribution is 7.99. The van der Waals surface area contributed by atoms with Crippen LogP contribution in [0.2, 0.25) is 0 Å². The number of hydrogen-bond acceptors (Lipinski definition) is 6. The van der Waals surface area contributed by atoms with Crippen LogP contribution < -0.4 is 11.2 Å². The average molecular weight is 368 g/mol. The molecule has 7 nitrogen and oxygen atoms in total. The van der Waals surface area contributed by atoms with Crippen LogP contribution in [0.4, 0.5) is 10.1 Å². The SMILES string of the molecule is N#Cc1cccc(NC(=O)CSc2nnc(-c3ccc(F)cc3)n2N)c1. The molecule has 3 aromatic rings. The first-order chi connectivity index (χ1) is 12.6. The predicted molar refractivity (Wildman–Crippen MR) is 96.1 cm³/mol. The lowest BCUT2D eigenvalue weighted by Gasteiger charge is -2.06. The number of carbonyl (C=O) groups excluding carboxylic acids is 1. The van der Waals surface area contributed by atoms with Crippen LogP contribution in [0, 0.1) is 17.1 Å². The van der Waals surface area contributed by atoms with Crippen LogP contribution in [0.5, 0.6) is 0 Å². The number of nitrogens with one attached hydrogen (secondary N) is 1. The van der Waals surface area contributed by atoms with E-state index in [2.05, 4.69) is 15.5 Å². The number of halogens is 1. The Balaban J connectivity index is 1.64. The van der Waals surface area contributed by atoms with Crippen LogP contribution in [0.15, 0.2) is 53.7 Å². The summed E-state index contributed by atoms with van der Waals surface area (Å²) in [5.41, 5.74) is 1.61. The van der Waals surface area contributed by atoms with Crippen LogP contribution in [-0.4, -0.2) is 26.5 Å². The molecule has 9 heteroatoms. The van der Waals surface area contributed by atoms with E-state index in [0.29, 0.717) is 27.8 Å². The topological polar surface area (TPSA) is 110 Å². The van der Waals surface area contributed by atoms with Gasteiger partial charge in [-0.25, -0.2) is 9.07 Å². The number of aromatic nitrogens is 3. The van der Waals surface area contributed by atoms with Gasteiger partial charge in [0.1, 0.15) is 5.82 Å². The maximum Gasteiger partial charge on any atom is 0.234 e. The van der Waals surface area contributed by atoms with Crippen molar-refractivity contribution in [3.05, 3.63) is 59.9 Å². The molecule has 0 aliphatic carbocycles. The number of nitrogens with zero attached hydrogens (tertiary/aromatic N) is 4. The number of carbonyl (C=O) groups is 1. The van der Waals surface area contributed by atoms with Crippen molar-refractivity contribution in [3.8, 4) is 17.5 Å². The van der Waals surface area contributed by atoms with Gasteiger partial charge in [0.2, 0.25) is 11.1 Å². The molecule has 0 atom stereocenters. The van der Waals surface area contributed by atoms with Gasteiger partial charge in [-0.2, -0.15) is 5.26 Å². The van der Waals surface area contributed by atoms with Crippen LogP contribution in [0.3, 0.4) is 0 Å². The first kappa shape index (κ1) is 17.4. The second-order valence-corrected chi connectivity index (χ2v) is 6.16. The molecule has 130 valence electrons. The van der Waals surface area contributed by atoms with E-state index >= 15 is 0 Å². The maximum absolute atomic E-state index is 13.0. The van der Waals surface area contributed by atoms with E-state index in [-0.39, 0.29) is 17.5 Å². The van der Waals surface area contributed by atoms with Gasteiger partial charge < -0.3 is 11.2 Å².